The van der Waals surface area contributed by atoms with Crippen molar-refractivity contribution < 1.29 is 24.2 Å². The van der Waals surface area contributed by atoms with E-state index in [1.54, 1.807) is 40.8 Å². The lowest BCUT2D eigenvalue weighted by molar-refractivity contribution is -0.196. The minimum Gasteiger partial charge on any atom is -0.611 e. The molecule has 0 spiro atoms. The van der Waals surface area contributed by atoms with Gasteiger partial charge in [-0.3, -0.25) is 9.79 Å². The number of aliphatic hydroxyl groups excluding tert-OH is 1. The third-order valence-corrected chi connectivity index (χ3v) is 13.0. The normalized spacial score (nSPS) is 12.5. The highest BCUT2D eigenvalue weighted by Gasteiger charge is 2.04. The van der Waals surface area contributed by atoms with Gasteiger partial charge in [0.05, 0.1) is 19.0 Å². The molecule has 0 aliphatic heterocycles. The molecule has 0 saturated carbocycles. The number of nitrogens with one attached hydrogen (secondary N) is 1. The maximum atomic E-state index is 11.9. The number of hydrogen-bond donors (Lipinski definition) is 2. The molecule has 0 aliphatic rings. The van der Waals surface area contributed by atoms with Gasteiger partial charge in [0.2, 0.25) is 11.9 Å². The molecule has 0 rings (SSSR count). The number of carbonyl (C=O) groups is 1. The average molecular weight is 690 g/mol. The highest BCUT2D eigenvalue weighted by molar-refractivity contribution is 8.18. The zero-order valence-corrected chi connectivity index (χ0v) is 28.5. The summed E-state index contributed by atoms with van der Waals surface area (Å²) in [5.41, 5.74) is 1.59. The maximum absolute atomic E-state index is 11.9. The van der Waals surface area contributed by atoms with Gasteiger partial charge in [-0.1, -0.05) is 18.7 Å². The van der Waals surface area contributed by atoms with Gasteiger partial charge < -0.3 is 19.9 Å². The van der Waals surface area contributed by atoms with E-state index in [0.29, 0.717) is 24.8 Å². The van der Waals surface area contributed by atoms with Crippen molar-refractivity contribution >= 4 is 122 Å². The lowest BCUT2D eigenvalue weighted by Crippen LogP contribution is -2.22. The molecule has 1 atom stereocenters. The van der Waals surface area contributed by atoms with Crippen LogP contribution < -0.4 is 5.32 Å². The second kappa shape index (κ2) is 33.8. The summed E-state index contributed by atoms with van der Waals surface area (Å²) in [7, 11) is 0. The standard InChI is InChI=1S/C20H39N3O5S9/c1-2-29-6-4-22-14-37(26)12-11-33-18-32-9-10-36-20(25)23-5-8-31-17-30-7-3-21-13-27-28-16-35-19-34-15-24/h13-14,24H,2-12,15-19H2,1H3,(H,23,25)/b21-13+,22-14+. The molecular formula is C20H39N3O5S9. The van der Waals surface area contributed by atoms with Gasteiger partial charge >= 0.3 is 0 Å². The summed E-state index contributed by atoms with van der Waals surface area (Å²) in [4.78, 5) is 29.9. The van der Waals surface area contributed by atoms with Crippen molar-refractivity contribution in [3.63, 3.8) is 0 Å². The molecule has 1 unspecified atom stereocenters. The first-order valence-electron chi connectivity index (χ1n) is 11.4. The Balaban J connectivity index is 3.30. The Morgan fingerprint density at radius 3 is 2.43 bits per heavy atom. The molecule has 0 radical (unpaired) electrons. The number of rotatable bonds is 28. The number of hydrogen-bond acceptors (Lipinski definition) is 15. The molecule has 1 amide bonds. The second-order valence-electron chi connectivity index (χ2n) is 6.22. The van der Waals surface area contributed by atoms with Crippen LogP contribution in [0.1, 0.15) is 6.92 Å². The smallest absolute Gasteiger partial charge is 0.279 e. The van der Waals surface area contributed by atoms with Crippen LogP contribution in [-0.4, -0.2) is 120 Å². The number of aliphatic imine (C=N–C) groups is 2. The first-order valence-corrected chi connectivity index (χ1v) is 21.8. The van der Waals surface area contributed by atoms with Gasteiger partial charge in [-0.2, -0.15) is 28.4 Å². The Morgan fingerprint density at radius 1 is 0.919 bits per heavy atom. The molecule has 0 bridgehead atoms. The molecule has 2 N–H and O–H groups in total. The van der Waals surface area contributed by atoms with Crippen LogP contribution in [0.3, 0.4) is 0 Å². The minimum atomic E-state index is -0.963. The number of carbonyl (C=O) groups excluding carboxylic acids is 1. The van der Waals surface area contributed by atoms with E-state index in [-0.39, 0.29) is 11.2 Å². The lowest BCUT2D eigenvalue weighted by Gasteiger charge is -2.06. The first kappa shape index (κ1) is 38.6. The van der Waals surface area contributed by atoms with Crippen LogP contribution in [0.4, 0.5) is 4.79 Å². The Hall–Kier alpha value is 1.64. The summed E-state index contributed by atoms with van der Waals surface area (Å²) in [5.74, 6) is 7.62. The molecule has 0 aromatic heterocycles. The quantitative estimate of drug-likeness (QED) is 0.0216. The number of thioether (sulfide) groups is 8. The van der Waals surface area contributed by atoms with E-state index in [9.17, 15) is 9.35 Å². The van der Waals surface area contributed by atoms with E-state index in [0.717, 1.165) is 62.1 Å². The molecule has 0 saturated heterocycles. The molecule has 0 fully saturated rings. The van der Waals surface area contributed by atoms with Crippen molar-refractivity contribution in [3.05, 3.63) is 0 Å². The summed E-state index contributed by atoms with van der Waals surface area (Å²) in [6.45, 7) is 4.21. The minimum absolute atomic E-state index is 0.0376. The third-order valence-electron chi connectivity index (χ3n) is 3.44. The van der Waals surface area contributed by atoms with Gasteiger partial charge in [0, 0.05) is 56.3 Å². The summed E-state index contributed by atoms with van der Waals surface area (Å²) in [6.07, 6.45) is 1.31. The van der Waals surface area contributed by atoms with Gasteiger partial charge in [0.15, 0.2) is 0 Å². The fourth-order valence-electron chi connectivity index (χ4n) is 1.84. The largest absolute Gasteiger partial charge is 0.611 e. The van der Waals surface area contributed by atoms with E-state index < -0.39 is 11.2 Å². The van der Waals surface area contributed by atoms with E-state index in [4.69, 9.17) is 14.9 Å². The van der Waals surface area contributed by atoms with E-state index in [1.165, 1.54) is 41.7 Å². The zero-order valence-electron chi connectivity index (χ0n) is 21.1. The molecule has 0 heterocycles. The van der Waals surface area contributed by atoms with E-state index in [1.807, 2.05) is 23.5 Å². The second-order valence-corrected chi connectivity index (χ2v) is 17.5. The zero-order chi connectivity index (χ0) is 27.1. The summed E-state index contributed by atoms with van der Waals surface area (Å²) >= 11 is 12.3. The number of amides is 1. The predicted molar refractivity (Wildman–Crippen MR) is 182 cm³/mol. The number of aliphatic hydroxyl groups is 1. The number of nitrogens with zero attached hydrogens (tertiary/aromatic N) is 2. The highest BCUT2D eigenvalue weighted by atomic mass is 32.2. The molecule has 37 heavy (non-hydrogen) atoms. The molecular weight excluding hydrogens is 651 g/mol. The topological polar surface area (TPSA) is 116 Å². The molecule has 218 valence electrons. The lowest BCUT2D eigenvalue weighted by atomic mass is 10.8. The monoisotopic (exact) mass is 689 g/mol. The van der Waals surface area contributed by atoms with Crippen LogP contribution in [0.5, 0.6) is 0 Å². The van der Waals surface area contributed by atoms with Crippen LogP contribution in [0.2, 0.25) is 0 Å². The van der Waals surface area contributed by atoms with Gasteiger partial charge in [0.25, 0.3) is 5.24 Å². The average Bonchev–Trinajstić information content (AvgIpc) is 2.89. The summed E-state index contributed by atoms with van der Waals surface area (Å²) in [5, 5.41) is 14.3. The van der Waals surface area contributed by atoms with Gasteiger partial charge in [-0.05, 0) is 16.9 Å². The predicted octanol–water partition coefficient (Wildman–Crippen LogP) is 5.11. The van der Waals surface area contributed by atoms with Gasteiger partial charge in [0.1, 0.15) is 11.7 Å². The van der Waals surface area contributed by atoms with E-state index in [2.05, 4.69) is 22.2 Å². The molecule has 0 aromatic rings. The maximum Gasteiger partial charge on any atom is 0.279 e. The van der Waals surface area contributed by atoms with Gasteiger partial charge in [-0.15, -0.1) is 58.8 Å². The van der Waals surface area contributed by atoms with Crippen molar-refractivity contribution in [3.8, 4) is 0 Å². The summed E-state index contributed by atoms with van der Waals surface area (Å²) in [6, 6.07) is 0. The van der Waals surface area contributed by atoms with Crippen LogP contribution >= 0.6 is 94.1 Å². The van der Waals surface area contributed by atoms with Crippen LogP contribution in [-0.2, 0) is 21.0 Å². The Kier molecular flexibility index (Phi) is 35.3. The molecule has 0 aromatic carbocycles. The van der Waals surface area contributed by atoms with Crippen molar-refractivity contribution in [2.45, 2.75) is 6.92 Å². The Morgan fingerprint density at radius 2 is 1.62 bits per heavy atom. The fourth-order valence-corrected chi connectivity index (χ4v) is 9.53. The van der Waals surface area contributed by atoms with Crippen molar-refractivity contribution in [1.82, 2.24) is 5.32 Å². The SMILES string of the molecule is CCSCC/N=C/[S+]([O-])CCSCSCCSC(=O)NCCSCSCC/N=C/OOCSCSCO. The van der Waals surface area contributed by atoms with Crippen LogP contribution in [0.25, 0.3) is 0 Å². The van der Waals surface area contributed by atoms with Gasteiger partial charge in [-0.25, -0.2) is 4.99 Å². The highest BCUT2D eigenvalue weighted by Crippen LogP contribution is 2.15. The fraction of sp³-hybridized carbons (Fsp3) is 0.850. The first-order chi connectivity index (χ1) is 18.2. The summed E-state index contributed by atoms with van der Waals surface area (Å²) < 4.78 is 11.8. The molecule has 0 aliphatic carbocycles. The van der Waals surface area contributed by atoms with Crippen LogP contribution in [0, 0.1) is 0 Å². The molecule has 8 nitrogen and oxygen atoms in total. The third kappa shape index (κ3) is 33.7. The Labute approximate surface area is 259 Å². The van der Waals surface area contributed by atoms with Crippen LogP contribution in [0.15, 0.2) is 9.98 Å². The Bertz CT molecular complexity index is 558. The van der Waals surface area contributed by atoms with Crippen molar-refractivity contribution in [2.75, 3.05) is 92.8 Å². The molecule has 17 heteroatoms. The van der Waals surface area contributed by atoms with Crippen molar-refractivity contribution in [2.24, 2.45) is 9.98 Å². The van der Waals surface area contributed by atoms with Crippen molar-refractivity contribution in [1.29, 1.82) is 0 Å². The van der Waals surface area contributed by atoms with E-state index >= 15 is 0 Å².